The van der Waals surface area contributed by atoms with Crippen molar-refractivity contribution in [3.8, 4) is 11.3 Å². The van der Waals surface area contributed by atoms with Gasteiger partial charge in [-0.1, -0.05) is 15.9 Å². The van der Waals surface area contributed by atoms with E-state index in [1.165, 1.54) is 18.9 Å². The van der Waals surface area contributed by atoms with Gasteiger partial charge in [0.25, 0.3) is 0 Å². The maximum atomic E-state index is 14.1. The fraction of sp³-hybridized carbons (Fsp3) is 0.400. The number of nitrogens with two attached hydrogens (primary N) is 1. The fourth-order valence-corrected chi connectivity index (χ4v) is 3.05. The van der Waals surface area contributed by atoms with Crippen molar-refractivity contribution in [3.05, 3.63) is 34.3 Å². The first kappa shape index (κ1) is 12.4. The molecule has 3 nitrogen and oxygen atoms in total. The van der Waals surface area contributed by atoms with Gasteiger partial charge < -0.3 is 10.3 Å². The average molecular weight is 336 g/mol. The van der Waals surface area contributed by atoms with E-state index in [0.717, 1.165) is 23.1 Å². The first-order chi connectivity index (χ1) is 9.65. The molecule has 2 N–H and O–H groups in total. The molecule has 2 aliphatic carbocycles. The molecule has 2 saturated carbocycles. The van der Waals surface area contributed by atoms with E-state index in [0.29, 0.717) is 29.0 Å². The molecule has 104 valence electrons. The lowest BCUT2D eigenvalue weighted by Gasteiger charge is -2.07. The van der Waals surface area contributed by atoms with Gasteiger partial charge in [0, 0.05) is 22.0 Å². The van der Waals surface area contributed by atoms with Crippen molar-refractivity contribution < 1.29 is 4.39 Å². The van der Waals surface area contributed by atoms with E-state index < -0.39 is 0 Å². The Morgan fingerprint density at radius 3 is 2.65 bits per heavy atom. The maximum absolute atomic E-state index is 14.1. The Hall–Kier alpha value is -1.36. The third-order valence-corrected chi connectivity index (χ3v) is 4.51. The second kappa shape index (κ2) is 4.32. The second-order valence-corrected chi connectivity index (χ2v) is 6.62. The van der Waals surface area contributed by atoms with Crippen LogP contribution in [-0.2, 0) is 0 Å². The van der Waals surface area contributed by atoms with Crippen molar-refractivity contribution in [2.24, 2.45) is 0 Å². The van der Waals surface area contributed by atoms with Crippen LogP contribution in [0, 0.1) is 5.82 Å². The molecule has 2 fully saturated rings. The highest BCUT2D eigenvalue weighted by atomic mass is 79.9. The zero-order valence-electron chi connectivity index (χ0n) is 10.9. The SMILES string of the molecule is Nc1c(-c2cc(Br)ccc2F)nc(C2CC2)n1C1CC1. The zero-order valence-corrected chi connectivity index (χ0v) is 12.5. The van der Waals surface area contributed by atoms with E-state index in [2.05, 4.69) is 25.5 Å². The van der Waals surface area contributed by atoms with Crippen molar-refractivity contribution in [2.45, 2.75) is 37.6 Å². The molecular weight excluding hydrogens is 321 g/mol. The minimum atomic E-state index is -0.275. The second-order valence-electron chi connectivity index (χ2n) is 5.70. The van der Waals surface area contributed by atoms with E-state index >= 15 is 0 Å². The summed E-state index contributed by atoms with van der Waals surface area (Å²) < 4.78 is 17.1. The monoisotopic (exact) mass is 335 g/mol. The van der Waals surface area contributed by atoms with Gasteiger partial charge in [0.15, 0.2) is 0 Å². The molecule has 0 amide bonds. The molecule has 0 unspecified atom stereocenters. The van der Waals surface area contributed by atoms with Crippen molar-refractivity contribution in [3.63, 3.8) is 0 Å². The highest BCUT2D eigenvalue weighted by Gasteiger charge is 2.37. The normalized spacial score (nSPS) is 18.5. The topological polar surface area (TPSA) is 43.8 Å². The molecular formula is C15H15BrFN3. The van der Waals surface area contributed by atoms with Crippen molar-refractivity contribution in [1.29, 1.82) is 0 Å². The largest absolute Gasteiger partial charge is 0.383 e. The highest BCUT2D eigenvalue weighted by molar-refractivity contribution is 9.10. The summed E-state index contributed by atoms with van der Waals surface area (Å²) in [4.78, 5) is 4.68. The molecule has 1 aromatic heterocycles. The summed E-state index contributed by atoms with van der Waals surface area (Å²) in [7, 11) is 0. The molecule has 2 aromatic rings. The third kappa shape index (κ3) is 1.95. The molecule has 20 heavy (non-hydrogen) atoms. The molecule has 0 atom stereocenters. The predicted molar refractivity (Wildman–Crippen MR) is 80.0 cm³/mol. The molecule has 0 aliphatic heterocycles. The summed E-state index contributed by atoms with van der Waals surface area (Å²) in [5.74, 6) is 1.91. The predicted octanol–water partition coefficient (Wildman–Crippen LogP) is 4.25. The quantitative estimate of drug-likeness (QED) is 0.911. The molecule has 1 heterocycles. The van der Waals surface area contributed by atoms with Crippen LogP contribution in [0.25, 0.3) is 11.3 Å². The summed E-state index contributed by atoms with van der Waals surface area (Å²) in [6.45, 7) is 0. The number of nitrogen functional groups attached to an aromatic ring is 1. The number of imidazole rings is 1. The van der Waals surface area contributed by atoms with Crippen LogP contribution in [0.3, 0.4) is 0 Å². The number of aromatic nitrogens is 2. The van der Waals surface area contributed by atoms with Crippen LogP contribution in [0.1, 0.15) is 43.5 Å². The zero-order chi connectivity index (χ0) is 13.9. The van der Waals surface area contributed by atoms with Gasteiger partial charge in [-0.15, -0.1) is 0 Å². The Balaban J connectivity index is 1.89. The van der Waals surface area contributed by atoms with Crippen molar-refractivity contribution >= 4 is 21.7 Å². The lowest BCUT2D eigenvalue weighted by Crippen LogP contribution is -2.04. The van der Waals surface area contributed by atoms with E-state index in [9.17, 15) is 4.39 Å². The highest BCUT2D eigenvalue weighted by Crippen LogP contribution is 2.48. The Morgan fingerprint density at radius 2 is 2.00 bits per heavy atom. The summed E-state index contributed by atoms with van der Waals surface area (Å²) >= 11 is 3.38. The van der Waals surface area contributed by atoms with Gasteiger partial charge in [-0.05, 0) is 43.9 Å². The minimum Gasteiger partial charge on any atom is -0.383 e. The Labute approximate surface area is 125 Å². The lowest BCUT2D eigenvalue weighted by molar-refractivity contribution is 0.630. The number of hydrogen-bond acceptors (Lipinski definition) is 2. The van der Waals surface area contributed by atoms with E-state index in [4.69, 9.17) is 5.73 Å². The van der Waals surface area contributed by atoms with Gasteiger partial charge in [0.2, 0.25) is 0 Å². The number of nitrogens with zero attached hydrogens (tertiary/aromatic N) is 2. The van der Waals surface area contributed by atoms with Crippen molar-refractivity contribution in [1.82, 2.24) is 9.55 Å². The lowest BCUT2D eigenvalue weighted by atomic mass is 10.1. The first-order valence-corrected chi connectivity index (χ1v) is 7.77. The number of rotatable bonds is 3. The molecule has 4 rings (SSSR count). The number of benzene rings is 1. The molecule has 0 spiro atoms. The summed E-state index contributed by atoms with van der Waals surface area (Å²) in [6, 6.07) is 5.37. The molecule has 0 saturated heterocycles. The van der Waals surface area contributed by atoms with Crippen LogP contribution in [-0.4, -0.2) is 9.55 Å². The molecule has 0 bridgehead atoms. The Morgan fingerprint density at radius 1 is 1.25 bits per heavy atom. The van der Waals surface area contributed by atoms with Crippen LogP contribution in [0.2, 0.25) is 0 Å². The molecule has 0 radical (unpaired) electrons. The smallest absolute Gasteiger partial charge is 0.132 e. The first-order valence-electron chi connectivity index (χ1n) is 6.98. The standard InChI is InChI=1S/C15H15BrFN3/c16-9-3-6-12(17)11(7-9)13-14(18)20(10-4-5-10)15(19-13)8-1-2-8/h3,6-8,10H,1-2,4-5,18H2. The van der Waals surface area contributed by atoms with Crippen LogP contribution in [0.4, 0.5) is 10.2 Å². The Bertz CT molecular complexity index is 687. The van der Waals surface area contributed by atoms with Crippen LogP contribution in [0.5, 0.6) is 0 Å². The van der Waals surface area contributed by atoms with Crippen molar-refractivity contribution in [2.75, 3.05) is 5.73 Å². The number of halogens is 2. The van der Waals surface area contributed by atoms with Gasteiger partial charge in [-0.3, -0.25) is 0 Å². The van der Waals surface area contributed by atoms with Crippen LogP contribution >= 0.6 is 15.9 Å². The van der Waals surface area contributed by atoms with Gasteiger partial charge in [-0.25, -0.2) is 9.37 Å². The number of anilines is 1. The van der Waals surface area contributed by atoms with Crippen LogP contribution < -0.4 is 5.73 Å². The average Bonchev–Trinajstić information content (AvgIpc) is 3.31. The van der Waals surface area contributed by atoms with Gasteiger partial charge in [-0.2, -0.15) is 0 Å². The van der Waals surface area contributed by atoms with Gasteiger partial charge in [0.05, 0.1) is 0 Å². The van der Waals surface area contributed by atoms with Gasteiger partial charge in [0.1, 0.15) is 23.2 Å². The molecule has 5 heteroatoms. The maximum Gasteiger partial charge on any atom is 0.132 e. The third-order valence-electron chi connectivity index (χ3n) is 4.01. The number of hydrogen-bond donors (Lipinski definition) is 1. The van der Waals surface area contributed by atoms with Gasteiger partial charge >= 0.3 is 0 Å². The summed E-state index contributed by atoms with van der Waals surface area (Å²) in [6.07, 6.45) is 4.65. The molecule has 1 aromatic carbocycles. The summed E-state index contributed by atoms with van der Waals surface area (Å²) in [5.41, 5.74) is 7.36. The molecule has 2 aliphatic rings. The van der Waals surface area contributed by atoms with E-state index in [-0.39, 0.29) is 5.82 Å². The van der Waals surface area contributed by atoms with Crippen LogP contribution in [0.15, 0.2) is 22.7 Å². The van der Waals surface area contributed by atoms with E-state index in [1.807, 2.05) is 0 Å². The van der Waals surface area contributed by atoms with E-state index in [1.54, 1.807) is 12.1 Å². The Kier molecular flexibility index (Phi) is 2.67. The minimum absolute atomic E-state index is 0.275. The summed E-state index contributed by atoms with van der Waals surface area (Å²) in [5, 5.41) is 0. The fourth-order valence-electron chi connectivity index (χ4n) is 2.69.